The number of nitrogens with one attached hydrogen (secondary N) is 1. The van der Waals surface area contributed by atoms with E-state index in [0.717, 1.165) is 12.3 Å². The minimum Gasteiger partial charge on any atom is -0.489 e. The number of hydrogen-bond acceptors (Lipinski definition) is 2. The lowest BCUT2D eigenvalue weighted by molar-refractivity contribution is 0.306. The summed E-state index contributed by atoms with van der Waals surface area (Å²) in [6, 6.07) is 18.7. The summed E-state index contributed by atoms with van der Waals surface area (Å²) in [5.41, 5.74) is 2.42. The summed E-state index contributed by atoms with van der Waals surface area (Å²) < 4.78 is 5.76. The van der Waals surface area contributed by atoms with Crippen LogP contribution in [0.3, 0.4) is 0 Å². The van der Waals surface area contributed by atoms with E-state index in [1.807, 2.05) is 36.4 Å². The Morgan fingerprint density at radius 2 is 1.75 bits per heavy atom. The first kappa shape index (κ1) is 14.4. The number of hydrogen-bond donors (Lipinski definition) is 1. The first-order chi connectivity index (χ1) is 9.78. The van der Waals surface area contributed by atoms with Gasteiger partial charge in [0.1, 0.15) is 12.4 Å². The molecule has 0 aliphatic rings. The van der Waals surface area contributed by atoms with Gasteiger partial charge in [0.15, 0.2) is 0 Å². The van der Waals surface area contributed by atoms with Crippen LogP contribution < -0.4 is 10.1 Å². The molecule has 2 aromatic rings. The normalized spacial score (nSPS) is 11.8. The molecule has 104 valence electrons. The lowest BCUT2D eigenvalue weighted by Crippen LogP contribution is -2.22. The van der Waals surface area contributed by atoms with Gasteiger partial charge in [0.25, 0.3) is 0 Å². The molecule has 0 spiro atoms. The molecule has 1 N–H and O–H groups in total. The van der Waals surface area contributed by atoms with Gasteiger partial charge in [-0.2, -0.15) is 0 Å². The predicted octanol–water partition coefficient (Wildman–Crippen LogP) is 3.93. The van der Waals surface area contributed by atoms with Gasteiger partial charge < -0.3 is 10.1 Å². The average Bonchev–Trinajstić information content (AvgIpc) is 2.52. The summed E-state index contributed by atoms with van der Waals surface area (Å²) in [6.07, 6.45) is 1.90. The van der Waals surface area contributed by atoms with Gasteiger partial charge in [-0.3, -0.25) is 0 Å². The van der Waals surface area contributed by atoms with Crippen molar-refractivity contribution in [1.82, 2.24) is 5.32 Å². The zero-order valence-corrected chi connectivity index (χ0v) is 11.9. The Labute approximate surface area is 121 Å². The standard InChI is InChI=1S/C18H21NO/c1-3-15(2)19-13-16-9-11-18(12-10-16)20-14-17-7-5-4-6-8-17/h3-12,15,19H,1,13-14H2,2H3. The summed E-state index contributed by atoms with van der Waals surface area (Å²) in [5.74, 6) is 0.898. The van der Waals surface area contributed by atoms with Crippen LogP contribution in [-0.4, -0.2) is 6.04 Å². The Hall–Kier alpha value is -2.06. The van der Waals surface area contributed by atoms with Gasteiger partial charge in [-0.25, -0.2) is 0 Å². The molecule has 2 aromatic carbocycles. The maximum Gasteiger partial charge on any atom is 0.119 e. The fourth-order valence-electron chi connectivity index (χ4n) is 1.81. The van der Waals surface area contributed by atoms with Crippen molar-refractivity contribution in [3.8, 4) is 5.75 Å². The molecule has 1 atom stereocenters. The van der Waals surface area contributed by atoms with Crippen LogP contribution in [0.15, 0.2) is 67.3 Å². The van der Waals surface area contributed by atoms with E-state index in [0.29, 0.717) is 12.6 Å². The van der Waals surface area contributed by atoms with Crippen LogP contribution in [0.5, 0.6) is 5.75 Å². The van der Waals surface area contributed by atoms with Gasteiger partial charge in [-0.15, -0.1) is 6.58 Å². The second kappa shape index (κ2) is 7.51. The Bertz CT molecular complexity index is 519. The molecule has 0 radical (unpaired) electrons. The molecule has 0 amide bonds. The highest BCUT2D eigenvalue weighted by Crippen LogP contribution is 2.14. The lowest BCUT2D eigenvalue weighted by atomic mass is 10.2. The highest BCUT2D eigenvalue weighted by molar-refractivity contribution is 5.27. The molecule has 0 aliphatic carbocycles. The van der Waals surface area contributed by atoms with Crippen LogP contribution >= 0.6 is 0 Å². The quantitative estimate of drug-likeness (QED) is 0.767. The van der Waals surface area contributed by atoms with Crippen LogP contribution in [-0.2, 0) is 13.2 Å². The largest absolute Gasteiger partial charge is 0.489 e. The van der Waals surface area contributed by atoms with Gasteiger partial charge in [0.2, 0.25) is 0 Å². The van der Waals surface area contributed by atoms with Crippen LogP contribution in [0.4, 0.5) is 0 Å². The third-order valence-corrected chi connectivity index (χ3v) is 3.15. The molecule has 2 heteroatoms. The maximum absolute atomic E-state index is 5.76. The van der Waals surface area contributed by atoms with Crippen LogP contribution in [0.2, 0.25) is 0 Å². The number of ether oxygens (including phenoxy) is 1. The van der Waals surface area contributed by atoms with E-state index in [1.165, 1.54) is 11.1 Å². The van der Waals surface area contributed by atoms with E-state index in [-0.39, 0.29) is 0 Å². The SMILES string of the molecule is C=CC(C)NCc1ccc(OCc2ccccc2)cc1. The van der Waals surface area contributed by atoms with Crippen molar-refractivity contribution in [2.24, 2.45) is 0 Å². The Morgan fingerprint density at radius 3 is 2.40 bits per heavy atom. The van der Waals surface area contributed by atoms with Gasteiger partial charge in [-0.05, 0) is 30.2 Å². The minimum absolute atomic E-state index is 0.323. The third-order valence-electron chi connectivity index (χ3n) is 3.15. The minimum atomic E-state index is 0.323. The van der Waals surface area contributed by atoms with Gasteiger partial charge in [0.05, 0.1) is 0 Å². The van der Waals surface area contributed by atoms with E-state index in [4.69, 9.17) is 4.74 Å². The summed E-state index contributed by atoms with van der Waals surface area (Å²) in [7, 11) is 0. The van der Waals surface area contributed by atoms with E-state index in [1.54, 1.807) is 0 Å². The van der Waals surface area contributed by atoms with E-state index >= 15 is 0 Å². The molecule has 0 aliphatic heterocycles. The predicted molar refractivity (Wildman–Crippen MR) is 83.7 cm³/mol. The van der Waals surface area contributed by atoms with Crippen molar-refractivity contribution in [3.05, 3.63) is 78.4 Å². The molecule has 0 aromatic heterocycles. The van der Waals surface area contributed by atoms with Crippen molar-refractivity contribution in [1.29, 1.82) is 0 Å². The van der Waals surface area contributed by atoms with E-state index < -0.39 is 0 Å². The van der Waals surface area contributed by atoms with E-state index in [9.17, 15) is 0 Å². The molecule has 0 fully saturated rings. The highest BCUT2D eigenvalue weighted by atomic mass is 16.5. The topological polar surface area (TPSA) is 21.3 Å². The molecule has 20 heavy (non-hydrogen) atoms. The Kier molecular flexibility index (Phi) is 5.39. The number of rotatable bonds is 7. The Balaban J connectivity index is 1.84. The van der Waals surface area contributed by atoms with Crippen molar-refractivity contribution >= 4 is 0 Å². The summed E-state index contributed by atoms with van der Waals surface area (Å²) >= 11 is 0. The van der Waals surface area contributed by atoms with Crippen LogP contribution in [0.1, 0.15) is 18.1 Å². The molecule has 1 unspecified atom stereocenters. The zero-order chi connectivity index (χ0) is 14.2. The van der Waals surface area contributed by atoms with Crippen molar-refractivity contribution in [2.75, 3.05) is 0 Å². The Morgan fingerprint density at radius 1 is 1.05 bits per heavy atom. The van der Waals surface area contributed by atoms with Crippen LogP contribution in [0, 0.1) is 0 Å². The van der Waals surface area contributed by atoms with Crippen molar-refractivity contribution < 1.29 is 4.74 Å². The smallest absolute Gasteiger partial charge is 0.119 e. The lowest BCUT2D eigenvalue weighted by Gasteiger charge is -2.10. The molecule has 0 saturated carbocycles. The second-order valence-corrected chi connectivity index (χ2v) is 4.82. The molecular weight excluding hydrogens is 246 g/mol. The monoisotopic (exact) mass is 267 g/mol. The zero-order valence-electron chi connectivity index (χ0n) is 11.9. The summed E-state index contributed by atoms with van der Waals surface area (Å²) in [6.45, 7) is 7.29. The van der Waals surface area contributed by atoms with Gasteiger partial charge >= 0.3 is 0 Å². The number of benzene rings is 2. The molecule has 2 nitrogen and oxygen atoms in total. The molecule has 0 bridgehead atoms. The fourth-order valence-corrected chi connectivity index (χ4v) is 1.81. The third kappa shape index (κ3) is 4.56. The highest BCUT2D eigenvalue weighted by Gasteiger charge is 1.98. The second-order valence-electron chi connectivity index (χ2n) is 4.82. The average molecular weight is 267 g/mol. The molecule has 2 rings (SSSR count). The van der Waals surface area contributed by atoms with Crippen molar-refractivity contribution in [3.63, 3.8) is 0 Å². The maximum atomic E-state index is 5.76. The molecule has 0 heterocycles. The fraction of sp³-hybridized carbons (Fsp3) is 0.222. The molecular formula is C18H21NO. The van der Waals surface area contributed by atoms with Crippen LogP contribution in [0.25, 0.3) is 0 Å². The summed E-state index contributed by atoms with van der Waals surface area (Å²) in [4.78, 5) is 0. The van der Waals surface area contributed by atoms with E-state index in [2.05, 4.69) is 43.1 Å². The van der Waals surface area contributed by atoms with Crippen molar-refractivity contribution in [2.45, 2.75) is 26.1 Å². The first-order valence-electron chi connectivity index (χ1n) is 6.89. The van der Waals surface area contributed by atoms with Gasteiger partial charge in [0, 0.05) is 12.6 Å². The first-order valence-corrected chi connectivity index (χ1v) is 6.89. The summed E-state index contributed by atoms with van der Waals surface area (Å²) in [5, 5.41) is 3.37. The van der Waals surface area contributed by atoms with Gasteiger partial charge in [-0.1, -0.05) is 48.5 Å². The molecule has 0 saturated heterocycles.